The number of aryl methyl sites for hydroxylation is 1. The van der Waals surface area contributed by atoms with Gasteiger partial charge >= 0.3 is 11.9 Å². The van der Waals surface area contributed by atoms with Crippen LogP contribution in [0.2, 0.25) is 0 Å². The van der Waals surface area contributed by atoms with E-state index in [1.807, 2.05) is 6.92 Å². The van der Waals surface area contributed by atoms with Gasteiger partial charge in [0.25, 0.3) is 5.78 Å². The number of ketones is 1. The molecule has 1 amide bonds. The Hall–Kier alpha value is -4.44. The molecule has 1 aliphatic rings. The molecule has 2 aromatic carbocycles. The summed E-state index contributed by atoms with van der Waals surface area (Å²) >= 11 is 0.935. The summed E-state index contributed by atoms with van der Waals surface area (Å²) in [6.45, 7) is 10.0. The highest BCUT2D eigenvalue weighted by molar-refractivity contribution is 7.17. The van der Waals surface area contributed by atoms with Gasteiger partial charge in [0.2, 0.25) is 0 Å². The third kappa shape index (κ3) is 6.38. The Labute approximate surface area is 249 Å². The minimum Gasteiger partial charge on any atom is -0.507 e. The lowest BCUT2D eigenvalue weighted by atomic mass is 9.95. The third-order valence-electron chi connectivity index (χ3n) is 6.59. The molecule has 1 N–H and O–H groups in total. The van der Waals surface area contributed by atoms with Gasteiger partial charge < -0.3 is 19.3 Å². The second kappa shape index (κ2) is 14.0. The SMILES string of the molecule is C=CCOC(=O)c1sc(N2C(=O)C(=O)/C(=C(/O)c3ccccc3)C2c2ccc(OCCCCC)c(OCC)c2)nc1C. The highest BCUT2D eigenvalue weighted by Gasteiger charge is 2.48. The Morgan fingerprint density at radius 3 is 2.55 bits per heavy atom. The van der Waals surface area contributed by atoms with Crippen molar-refractivity contribution in [2.24, 2.45) is 0 Å². The summed E-state index contributed by atoms with van der Waals surface area (Å²) in [5.74, 6) is -1.71. The van der Waals surface area contributed by atoms with Crippen molar-refractivity contribution >= 4 is 39.9 Å². The highest BCUT2D eigenvalue weighted by Crippen LogP contribution is 2.45. The van der Waals surface area contributed by atoms with E-state index in [4.69, 9.17) is 14.2 Å². The molecule has 0 spiro atoms. The molecule has 1 saturated heterocycles. The molecular weight excluding hydrogens is 556 g/mol. The fourth-order valence-corrected chi connectivity index (χ4v) is 5.58. The molecule has 4 rings (SSSR count). The smallest absolute Gasteiger partial charge is 0.350 e. The number of esters is 1. The molecule has 9 nitrogen and oxygen atoms in total. The van der Waals surface area contributed by atoms with Gasteiger partial charge in [-0.05, 0) is 38.0 Å². The molecule has 3 aromatic rings. The average molecular weight is 591 g/mol. The minimum absolute atomic E-state index is 0.0141. The highest BCUT2D eigenvalue weighted by atomic mass is 32.1. The van der Waals surface area contributed by atoms with Crippen molar-refractivity contribution in [1.29, 1.82) is 0 Å². The zero-order chi connectivity index (χ0) is 30.2. The standard InChI is InChI=1S/C32H34N2O7S/c1-5-8-12-18-40-23-16-15-22(19-24(23)39-7-3)26-25(27(35)21-13-10-9-11-14-21)28(36)30(37)34(26)32-33-20(4)29(42-32)31(38)41-17-6-2/h6,9-11,13-16,19,26,35H,2,5,7-8,12,17-18H2,1,3-4H3/b27-25+. The van der Waals surface area contributed by atoms with Gasteiger partial charge in [0.05, 0.1) is 30.5 Å². The van der Waals surface area contributed by atoms with Gasteiger partial charge in [0, 0.05) is 5.56 Å². The number of hydrogen-bond acceptors (Lipinski definition) is 9. The summed E-state index contributed by atoms with van der Waals surface area (Å²) in [5, 5.41) is 11.5. The van der Waals surface area contributed by atoms with Crippen LogP contribution in [0.25, 0.3) is 5.76 Å². The number of rotatable bonds is 13. The number of Topliss-reactive ketones (excluding diaryl/α,β-unsaturated/α-hetero) is 1. The Kier molecular flexibility index (Phi) is 10.1. The Morgan fingerprint density at radius 2 is 1.86 bits per heavy atom. The molecule has 220 valence electrons. The van der Waals surface area contributed by atoms with Crippen LogP contribution in [-0.2, 0) is 14.3 Å². The molecule has 0 bridgehead atoms. The Balaban J connectivity index is 1.85. The molecule has 1 aliphatic heterocycles. The van der Waals surface area contributed by atoms with Crippen molar-refractivity contribution in [1.82, 2.24) is 4.98 Å². The molecule has 1 fully saturated rings. The van der Waals surface area contributed by atoms with Crippen LogP contribution in [0.3, 0.4) is 0 Å². The lowest BCUT2D eigenvalue weighted by molar-refractivity contribution is -0.132. The second-order valence-corrected chi connectivity index (χ2v) is 10.5. The zero-order valence-electron chi connectivity index (χ0n) is 23.9. The van der Waals surface area contributed by atoms with Gasteiger partial charge in [-0.1, -0.05) is 80.2 Å². The quantitative estimate of drug-likeness (QED) is 0.0608. The Morgan fingerprint density at radius 1 is 1.10 bits per heavy atom. The van der Waals surface area contributed by atoms with E-state index in [1.54, 1.807) is 55.5 Å². The number of benzene rings is 2. The van der Waals surface area contributed by atoms with E-state index in [2.05, 4.69) is 18.5 Å². The van der Waals surface area contributed by atoms with E-state index in [9.17, 15) is 19.5 Å². The molecule has 0 aliphatic carbocycles. The number of hydrogen-bond donors (Lipinski definition) is 1. The number of anilines is 1. The normalized spacial score (nSPS) is 16.0. The molecule has 0 saturated carbocycles. The summed E-state index contributed by atoms with van der Waals surface area (Å²) in [6.07, 6.45) is 4.43. The van der Waals surface area contributed by atoms with Crippen LogP contribution >= 0.6 is 11.3 Å². The fourth-order valence-electron chi connectivity index (χ4n) is 4.59. The van der Waals surface area contributed by atoms with E-state index < -0.39 is 23.7 Å². The maximum Gasteiger partial charge on any atom is 0.350 e. The number of unbranched alkanes of at least 4 members (excludes halogenated alkanes) is 2. The van der Waals surface area contributed by atoms with E-state index >= 15 is 0 Å². The first-order valence-electron chi connectivity index (χ1n) is 13.8. The molecule has 2 heterocycles. The molecular formula is C32H34N2O7S. The van der Waals surface area contributed by atoms with Gasteiger partial charge in [-0.25, -0.2) is 9.78 Å². The Bertz CT molecular complexity index is 1500. The van der Waals surface area contributed by atoms with Crippen molar-refractivity contribution < 1.29 is 33.7 Å². The van der Waals surface area contributed by atoms with Crippen LogP contribution in [-0.4, -0.2) is 47.6 Å². The topological polar surface area (TPSA) is 115 Å². The number of ether oxygens (including phenoxy) is 3. The summed E-state index contributed by atoms with van der Waals surface area (Å²) in [5.41, 5.74) is 1.12. The molecule has 0 radical (unpaired) electrons. The first kappa shape index (κ1) is 30.5. The lowest BCUT2D eigenvalue weighted by Crippen LogP contribution is -2.29. The van der Waals surface area contributed by atoms with Crippen LogP contribution in [0.1, 0.15) is 65.6 Å². The van der Waals surface area contributed by atoms with E-state index in [0.29, 0.717) is 41.5 Å². The fraction of sp³-hybridized carbons (Fsp3) is 0.312. The largest absolute Gasteiger partial charge is 0.507 e. The molecule has 1 aromatic heterocycles. The predicted molar refractivity (Wildman–Crippen MR) is 161 cm³/mol. The van der Waals surface area contributed by atoms with Gasteiger partial charge in [0.1, 0.15) is 17.2 Å². The second-order valence-electron chi connectivity index (χ2n) is 9.53. The van der Waals surface area contributed by atoms with Crippen LogP contribution in [0, 0.1) is 6.92 Å². The van der Waals surface area contributed by atoms with E-state index in [-0.39, 0.29) is 27.9 Å². The number of aromatic nitrogens is 1. The number of carbonyl (C=O) groups excluding carboxylic acids is 3. The first-order chi connectivity index (χ1) is 20.3. The number of nitrogens with zero attached hydrogens (tertiary/aromatic N) is 2. The molecule has 42 heavy (non-hydrogen) atoms. The molecule has 1 unspecified atom stereocenters. The maximum atomic E-state index is 13.6. The number of aliphatic hydroxyl groups is 1. The molecule has 10 heteroatoms. The minimum atomic E-state index is -1.05. The van der Waals surface area contributed by atoms with Crippen molar-refractivity contribution in [3.8, 4) is 11.5 Å². The van der Waals surface area contributed by atoms with Crippen molar-refractivity contribution in [3.05, 3.63) is 88.5 Å². The predicted octanol–water partition coefficient (Wildman–Crippen LogP) is 6.39. The number of carbonyl (C=O) groups is 3. The average Bonchev–Trinajstić information content (AvgIpc) is 3.51. The van der Waals surface area contributed by atoms with Crippen LogP contribution in [0.5, 0.6) is 11.5 Å². The van der Waals surface area contributed by atoms with Crippen molar-refractivity contribution in [2.45, 2.75) is 46.1 Å². The van der Waals surface area contributed by atoms with Crippen LogP contribution in [0.15, 0.2) is 66.8 Å². The van der Waals surface area contributed by atoms with E-state index in [0.717, 1.165) is 30.6 Å². The lowest BCUT2D eigenvalue weighted by Gasteiger charge is -2.24. The number of aliphatic hydroxyl groups excluding tert-OH is 1. The molecule has 1 atom stereocenters. The van der Waals surface area contributed by atoms with Crippen LogP contribution < -0.4 is 14.4 Å². The summed E-state index contributed by atoms with van der Waals surface area (Å²) in [4.78, 5) is 45.7. The summed E-state index contributed by atoms with van der Waals surface area (Å²) in [6, 6.07) is 12.7. The van der Waals surface area contributed by atoms with Crippen molar-refractivity contribution in [2.75, 3.05) is 24.7 Å². The monoisotopic (exact) mass is 590 g/mol. The maximum absolute atomic E-state index is 13.6. The van der Waals surface area contributed by atoms with Gasteiger partial charge in [-0.3, -0.25) is 14.5 Å². The summed E-state index contributed by atoms with van der Waals surface area (Å²) in [7, 11) is 0. The third-order valence-corrected chi connectivity index (χ3v) is 7.73. The van der Waals surface area contributed by atoms with Gasteiger partial charge in [0.15, 0.2) is 16.6 Å². The van der Waals surface area contributed by atoms with Crippen molar-refractivity contribution in [3.63, 3.8) is 0 Å². The number of thiazole rings is 1. The van der Waals surface area contributed by atoms with Gasteiger partial charge in [-0.2, -0.15) is 0 Å². The first-order valence-corrected chi connectivity index (χ1v) is 14.6. The van der Waals surface area contributed by atoms with Crippen LogP contribution in [0.4, 0.5) is 5.13 Å². The number of amides is 1. The summed E-state index contributed by atoms with van der Waals surface area (Å²) < 4.78 is 17.0. The van der Waals surface area contributed by atoms with Gasteiger partial charge in [-0.15, -0.1) is 0 Å². The zero-order valence-corrected chi connectivity index (χ0v) is 24.7. The van der Waals surface area contributed by atoms with E-state index in [1.165, 1.54) is 11.0 Å².